The minimum atomic E-state index is -0.108. The molecule has 0 radical (unpaired) electrons. The molecule has 3 rings (SSSR count). The Morgan fingerprint density at radius 3 is 2.46 bits per heavy atom. The van der Waals surface area contributed by atoms with E-state index in [0.29, 0.717) is 11.5 Å². The Kier molecular flexibility index (Phi) is 6.36. The number of amides is 1. The normalized spacial score (nSPS) is 11.7. The molecule has 0 saturated heterocycles. The van der Waals surface area contributed by atoms with Crippen LogP contribution in [0, 0.1) is 0 Å². The lowest BCUT2D eigenvalue weighted by atomic mass is 10.1. The summed E-state index contributed by atoms with van der Waals surface area (Å²) in [5, 5.41) is 3.04. The minimum absolute atomic E-state index is 0.0703. The van der Waals surface area contributed by atoms with Gasteiger partial charge in [0.25, 0.3) is 0 Å². The summed E-state index contributed by atoms with van der Waals surface area (Å²) < 4.78 is 13.3. The Morgan fingerprint density at radius 2 is 1.86 bits per heavy atom. The van der Waals surface area contributed by atoms with Crippen molar-refractivity contribution < 1.29 is 14.3 Å². The molecule has 0 unspecified atom stereocenters. The summed E-state index contributed by atoms with van der Waals surface area (Å²) in [4.78, 5) is 16.6. The van der Waals surface area contributed by atoms with Crippen LogP contribution in [0.4, 0.5) is 0 Å². The maximum atomic E-state index is 12.5. The highest BCUT2D eigenvalue weighted by molar-refractivity contribution is 9.10. The Hall–Kier alpha value is -2.80. The predicted molar refractivity (Wildman–Crippen MR) is 111 cm³/mol. The first-order chi connectivity index (χ1) is 13.5. The van der Waals surface area contributed by atoms with Gasteiger partial charge in [-0.2, -0.15) is 0 Å². The molecule has 0 bridgehead atoms. The number of hydrogen-bond acceptors (Lipinski definition) is 4. The van der Waals surface area contributed by atoms with Crippen LogP contribution in [-0.2, 0) is 11.2 Å². The van der Waals surface area contributed by atoms with Crippen molar-refractivity contribution in [1.82, 2.24) is 14.9 Å². The van der Waals surface area contributed by atoms with Gasteiger partial charge in [-0.05, 0) is 42.3 Å². The molecule has 3 aromatic rings. The molecule has 2 aromatic carbocycles. The third-order valence-corrected chi connectivity index (χ3v) is 5.21. The van der Waals surface area contributed by atoms with Gasteiger partial charge in [0.15, 0.2) is 11.5 Å². The average molecular weight is 444 g/mol. The molecule has 0 fully saturated rings. The molecule has 0 aliphatic carbocycles. The summed E-state index contributed by atoms with van der Waals surface area (Å²) in [6.45, 7) is 1.97. The van der Waals surface area contributed by atoms with E-state index in [2.05, 4.69) is 26.2 Å². The third-order valence-electron chi connectivity index (χ3n) is 4.48. The molecule has 146 valence electrons. The SMILES string of the molecule is COc1cc(Br)c(CC(=O)N[C@@H](C)c2ccc(-n3ccnc3)cc2)cc1OC. The molecular formula is C21H22BrN3O3. The maximum absolute atomic E-state index is 12.5. The summed E-state index contributed by atoms with van der Waals surface area (Å²) in [6, 6.07) is 11.5. The molecule has 1 amide bonds. The molecule has 28 heavy (non-hydrogen) atoms. The van der Waals surface area contributed by atoms with Crippen LogP contribution < -0.4 is 14.8 Å². The number of rotatable bonds is 7. The number of carbonyl (C=O) groups excluding carboxylic acids is 1. The van der Waals surface area contributed by atoms with E-state index < -0.39 is 0 Å². The summed E-state index contributed by atoms with van der Waals surface area (Å²) in [6.07, 6.45) is 5.61. The van der Waals surface area contributed by atoms with Crippen LogP contribution in [0.25, 0.3) is 5.69 Å². The Labute approximate surface area is 172 Å². The number of nitrogens with one attached hydrogen (secondary N) is 1. The van der Waals surface area contributed by atoms with Crippen molar-refractivity contribution in [1.29, 1.82) is 0 Å². The molecule has 1 N–H and O–H groups in total. The Morgan fingerprint density at radius 1 is 1.18 bits per heavy atom. The zero-order valence-electron chi connectivity index (χ0n) is 16.0. The van der Waals surface area contributed by atoms with E-state index in [9.17, 15) is 4.79 Å². The van der Waals surface area contributed by atoms with Crippen molar-refractivity contribution in [3.8, 4) is 17.2 Å². The van der Waals surface area contributed by atoms with Gasteiger partial charge < -0.3 is 19.4 Å². The molecule has 7 heteroatoms. The predicted octanol–water partition coefficient (Wildman–Crippen LogP) is 4.07. The van der Waals surface area contributed by atoms with E-state index in [1.54, 1.807) is 32.8 Å². The molecular weight excluding hydrogens is 422 g/mol. The lowest BCUT2D eigenvalue weighted by molar-refractivity contribution is -0.121. The number of imidazole rings is 1. The number of halogens is 1. The molecule has 1 aromatic heterocycles. The Bertz CT molecular complexity index is 940. The summed E-state index contributed by atoms with van der Waals surface area (Å²) in [5.41, 5.74) is 2.88. The number of nitrogens with zero attached hydrogens (tertiary/aromatic N) is 2. The summed E-state index contributed by atoms with van der Waals surface area (Å²) >= 11 is 3.49. The van der Waals surface area contributed by atoms with Gasteiger partial charge in [-0.15, -0.1) is 0 Å². The number of ether oxygens (including phenoxy) is 2. The van der Waals surface area contributed by atoms with E-state index in [1.807, 2.05) is 48.0 Å². The summed E-state index contributed by atoms with van der Waals surface area (Å²) in [5.74, 6) is 1.14. The number of benzene rings is 2. The van der Waals surface area contributed by atoms with Gasteiger partial charge in [-0.3, -0.25) is 4.79 Å². The first kappa shape index (κ1) is 19.9. The van der Waals surface area contributed by atoms with Gasteiger partial charge in [0, 0.05) is 22.6 Å². The van der Waals surface area contributed by atoms with Crippen molar-refractivity contribution in [3.05, 3.63) is 70.7 Å². The highest BCUT2D eigenvalue weighted by Crippen LogP contribution is 2.33. The highest BCUT2D eigenvalue weighted by atomic mass is 79.9. The van der Waals surface area contributed by atoms with Gasteiger partial charge in [0.05, 0.1) is 33.0 Å². The van der Waals surface area contributed by atoms with Gasteiger partial charge >= 0.3 is 0 Å². The molecule has 0 aliphatic heterocycles. The fourth-order valence-corrected chi connectivity index (χ4v) is 3.39. The summed E-state index contributed by atoms with van der Waals surface area (Å²) in [7, 11) is 3.15. The van der Waals surface area contributed by atoms with Crippen molar-refractivity contribution in [2.45, 2.75) is 19.4 Å². The molecule has 0 aliphatic rings. The second kappa shape index (κ2) is 8.93. The number of carbonyl (C=O) groups is 1. The number of hydrogen-bond donors (Lipinski definition) is 1. The quantitative estimate of drug-likeness (QED) is 0.597. The number of methoxy groups -OCH3 is 2. The highest BCUT2D eigenvalue weighted by Gasteiger charge is 2.15. The van der Waals surface area contributed by atoms with E-state index in [1.165, 1.54) is 0 Å². The Balaban J connectivity index is 1.66. The van der Waals surface area contributed by atoms with Crippen LogP contribution in [0.1, 0.15) is 24.1 Å². The van der Waals surface area contributed by atoms with Crippen LogP contribution in [0.15, 0.2) is 59.6 Å². The largest absolute Gasteiger partial charge is 0.493 e. The molecule has 6 nitrogen and oxygen atoms in total. The van der Waals surface area contributed by atoms with Crippen LogP contribution >= 0.6 is 15.9 Å². The fourth-order valence-electron chi connectivity index (χ4n) is 2.93. The van der Waals surface area contributed by atoms with E-state index in [4.69, 9.17) is 9.47 Å². The monoisotopic (exact) mass is 443 g/mol. The molecule has 0 spiro atoms. The third kappa shape index (κ3) is 4.54. The topological polar surface area (TPSA) is 65.4 Å². The minimum Gasteiger partial charge on any atom is -0.493 e. The second-order valence-corrected chi connectivity index (χ2v) is 7.18. The van der Waals surface area contributed by atoms with E-state index in [-0.39, 0.29) is 18.4 Å². The molecule has 0 saturated carbocycles. The van der Waals surface area contributed by atoms with Crippen LogP contribution in [0.2, 0.25) is 0 Å². The second-order valence-electron chi connectivity index (χ2n) is 6.33. The zero-order valence-corrected chi connectivity index (χ0v) is 17.6. The van der Waals surface area contributed by atoms with Crippen LogP contribution in [0.5, 0.6) is 11.5 Å². The smallest absolute Gasteiger partial charge is 0.224 e. The first-order valence-corrected chi connectivity index (χ1v) is 9.59. The van der Waals surface area contributed by atoms with Gasteiger partial charge in [0.2, 0.25) is 5.91 Å². The van der Waals surface area contributed by atoms with Crippen LogP contribution in [-0.4, -0.2) is 29.7 Å². The maximum Gasteiger partial charge on any atom is 0.224 e. The first-order valence-electron chi connectivity index (χ1n) is 8.80. The van der Waals surface area contributed by atoms with Gasteiger partial charge in [-0.25, -0.2) is 4.98 Å². The van der Waals surface area contributed by atoms with Crippen LogP contribution in [0.3, 0.4) is 0 Å². The van der Waals surface area contributed by atoms with Crippen molar-refractivity contribution in [2.75, 3.05) is 14.2 Å². The molecule has 1 atom stereocenters. The fraction of sp³-hybridized carbons (Fsp3) is 0.238. The average Bonchev–Trinajstić information content (AvgIpc) is 3.24. The van der Waals surface area contributed by atoms with Gasteiger partial charge in [0.1, 0.15) is 0 Å². The van der Waals surface area contributed by atoms with E-state index in [0.717, 1.165) is 21.3 Å². The van der Waals surface area contributed by atoms with E-state index >= 15 is 0 Å². The lowest BCUT2D eigenvalue weighted by Crippen LogP contribution is -2.28. The van der Waals surface area contributed by atoms with Crippen molar-refractivity contribution >= 4 is 21.8 Å². The zero-order chi connectivity index (χ0) is 20.1. The molecule has 1 heterocycles. The number of aromatic nitrogens is 2. The lowest BCUT2D eigenvalue weighted by Gasteiger charge is -2.16. The standard InChI is InChI=1S/C21H22BrN3O3/c1-14(15-4-6-17(7-5-15)25-9-8-23-13-25)24-21(26)11-16-10-19(27-2)20(28-3)12-18(16)22/h4-10,12-14H,11H2,1-3H3,(H,24,26)/t14-/m0/s1. The van der Waals surface area contributed by atoms with Gasteiger partial charge in [-0.1, -0.05) is 28.1 Å². The van der Waals surface area contributed by atoms with Crippen molar-refractivity contribution in [3.63, 3.8) is 0 Å². The van der Waals surface area contributed by atoms with Crippen molar-refractivity contribution in [2.24, 2.45) is 0 Å².